The zero-order valence-corrected chi connectivity index (χ0v) is 15.2. The maximum atomic E-state index is 6.01. The molecule has 0 saturated heterocycles. The fourth-order valence-corrected chi connectivity index (χ4v) is 2.99. The van der Waals surface area contributed by atoms with Gasteiger partial charge in [-0.15, -0.1) is 0 Å². The van der Waals surface area contributed by atoms with Crippen molar-refractivity contribution in [2.75, 3.05) is 14.2 Å². The average Bonchev–Trinajstić information content (AvgIpc) is 2.48. The summed E-state index contributed by atoms with van der Waals surface area (Å²) in [6, 6.07) is 6.00. The van der Waals surface area contributed by atoms with Crippen LogP contribution in [0.4, 0.5) is 0 Å². The molecule has 0 fully saturated rings. The molecule has 0 atom stereocenters. The molecule has 0 aliphatic rings. The Bertz CT molecular complexity index is 705. The van der Waals surface area contributed by atoms with Crippen LogP contribution in [0, 0.1) is 0 Å². The molecule has 0 aliphatic heterocycles. The quantitative estimate of drug-likeness (QED) is 0.706. The SMILES string of the molecule is C/C=C\c1cc(OC(C)C)c2c(OC)cc(OC)c(Br)c2c1. The molecule has 0 spiro atoms. The normalized spacial score (nSPS) is 11.4. The maximum absolute atomic E-state index is 6.01. The summed E-state index contributed by atoms with van der Waals surface area (Å²) in [5.41, 5.74) is 1.07. The number of allylic oxidation sites excluding steroid dienone is 1. The molecule has 0 N–H and O–H groups in total. The van der Waals surface area contributed by atoms with Crippen molar-refractivity contribution in [3.8, 4) is 17.2 Å². The largest absolute Gasteiger partial charge is 0.496 e. The number of methoxy groups -OCH3 is 2. The van der Waals surface area contributed by atoms with Gasteiger partial charge in [-0.2, -0.15) is 0 Å². The van der Waals surface area contributed by atoms with Crippen LogP contribution in [0.15, 0.2) is 28.7 Å². The first kappa shape index (κ1) is 16.7. The van der Waals surface area contributed by atoms with Crippen LogP contribution in [0.25, 0.3) is 16.8 Å². The van der Waals surface area contributed by atoms with E-state index in [2.05, 4.69) is 22.0 Å². The molecule has 22 heavy (non-hydrogen) atoms. The van der Waals surface area contributed by atoms with Gasteiger partial charge in [-0.05, 0) is 54.4 Å². The van der Waals surface area contributed by atoms with Gasteiger partial charge >= 0.3 is 0 Å². The summed E-state index contributed by atoms with van der Waals surface area (Å²) in [5, 5.41) is 1.94. The van der Waals surface area contributed by atoms with E-state index in [1.807, 2.05) is 45.1 Å². The van der Waals surface area contributed by atoms with E-state index < -0.39 is 0 Å². The predicted octanol–water partition coefficient (Wildman–Crippen LogP) is 5.44. The van der Waals surface area contributed by atoms with Crippen LogP contribution in [-0.4, -0.2) is 20.3 Å². The summed E-state index contributed by atoms with van der Waals surface area (Å²) >= 11 is 3.63. The molecule has 0 heterocycles. The molecule has 0 radical (unpaired) electrons. The van der Waals surface area contributed by atoms with Gasteiger partial charge in [0.1, 0.15) is 17.2 Å². The molecule has 2 rings (SSSR count). The van der Waals surface area contributed by atoms with Crippen molar-refractivity contribution in [1.82, 2.24) is 0 Å². The minimum atomic E-state index is 0.0784. The molecule has 0 aliphatic carbocycles. The summed E-state index contributed by atoms with van der Waals surface area (Å²) in [6.07, 6.45) is 4.13. The molecule has 0 aromatic heterocycles. The van der Waals surface area contributed by atoms with Crippen molar-refractivity contribution in [2.45, 2.75) is 26.9 Å². The van der Waals surface area contributed by atoms with Gasteiger partial charge in [-0.25, -0.2) is 0 Å². The van der Waals surface area contributed by atoms with Gasteiger partial charge in [-0.1, -0.05) is 12.2 Å². The van der Waals surface area contributed by atoms with Crippen molar-refractivity contribution in [2.24, 2.45) is 0 Å². The van der Waals surface area contributed by atoms with Crippen molar-refractivity contribution in [1.29, 1.82) is 0 Å². The first-order valence-corrected chi connectivity index (χ1v) is 7.98. The van der Waals surface area contributed by atoms with Gasteiger partial charge in [0.2, 0.25) is 0 Å². The van der Waals surface area contributed by atoms with E-state index in [1.54, 1.807) is 14.2 Å². The summed E-state index contributed by atoms with van der Waals surface area (Å²) in [5.74, 6) is 2.27. The Labute approximate surface area is 140 Å². The highest BCUT2D eigenvalue weighted by Crippen LogP contribution is 2.44. The highest BCUT2D eigenvalue weighted by molar-refractivity contribution is 9.10. The van der Waals surface area contributed by atoms with Crippen LogP contribution in [-0.2, 0) is 0 Å². The Morgan fingerprint density at radius 1 is 1.00 bits per heavy atom. The van der Waals surface area contributed by atoms with Crippen molar-refractivity contribution < 1.29 is 14.2 Å². The summed E-state index contributed by atoms with van der Waals surface area (Å²) in [4.78, 5) is 0. The number of benzene rings is 2. The molecule has 3 nitrogen and oxygen atoms in total. The highest BCUT2D eigenvalue weighted by atomic mass is 79.9. The molecule has 0 saturated carbocycles. The molecule has 0 bridgehead atoms. The third-order valence-corrected chi connectivity index (χ3v) is 4.07. The van der Waals surface area contributed by atoms with E-state index in [0.717, 1.165) is 38.1 Å². The van der Waals surface area contributed by atoms with Crippen LogP contribution < -0.4 is 14.2 Å². The monoisotopic (exact) mass is 364 g/mol. The number of hydrogen-bond donors (Lipinski definition) is 0. The molecule has 2 aromatic rings. The fourth-order valence-electron chi connectivity index (χ4n) is 2.40. The lowest BCUT2D eigenvalue weighted by atomic mass is 10.0. The fraction of sp³-hybridized carbons (Fsp3) is 0.333. The van der Waals surface area contributed by atoms with Crippen LogP contribution in [0.5, 0.6) is 17.2 Å². The summed E-state index contributed by atoms with van der Waals surface area (Å²) < 4.78 is 17.9. The highest BCUT2D eigenvalue weighted by Gasteiger charge is 2.17. The van der Waals surface area contributed by atoms with E-state index in [1.165, 1.54) is 0 Å². The zero-order valence-electron chi connectivity index (χ0n) is 13.6. The predicted molar refractivity (Wildman–Crippen MR) is 95.2 cm³/mol. The van der Waals surface area contributed by atoms with Crippen molar-refractivity contribution in [3.05, 3.63) is 34.3 Å². The molecular formula is C18H21BrO3. The first-order chi connectivity index (χ1) is 10.5. The van der Waals surface area contributed by atoms with E-state index in [4.69, 9.17) is 14.2 Å². The second-order valence-electron chi connectivity index (χ2n) is 5.20. The van der Waals surface area contributed by atoms with Gasteiger partial charge in [0, 0.05) is 11.5 Å². The van der Waals surface area contributed by atoms with Gasteiger partial charge in [-0.3, -0.25) is 0 Å². The Morgan fingerprint density at radius 3 is 2.23 bits per heavy atom. The molecule has 118 valence electrons. The smallest absolute Gasteiger partial charge is 0.137 e. The summed E-state index contributed by atoms with van der Waals surface area (Å²) in [6.45, 7) is 6.02. The molecule has 2 aromatic carbocycles. The topological polar surface area (TPSA) is 27.7 Å². The Kier molecular flexibility index (Phi) is 5.35. The summed E-state index contributed by atoms with van der Waals surface area (Å²) in [7, 11) is 3.30. The zero-order chi connectivity index (χ0) is 16.3. The molecule has 0 amide bonds. The van der Waals surface area contributed by atoms with Crippen LogP contribution in [0.3, 0.4) is 0 Å². The van der Waals surface area contributed by atoms with Crippen LogP contribution in [0.2, 0.25) is 0 Å². The first-order valence-electron chi connectivity index (χ1n) is 7.19. The maximum Gasteiger partial charge on any atom is 0.137 e. The van der Waals surface area contributed by atoms with Crippen molar-refractivity contribution in [3.63, 3.8) is 0 Å². The Morgan fingerprint density at radius 2 is 1.68 bits per heavy atom. The second-order valence-corrected chi connectivity index (χ2v) is 6.00. The third-order valence-electron chi connectivity index (χ3n) is 3.25. The van der Waals surface area contributed by atoms with Crippen LogP contribution >= 0.6 is 15.9 Å². The van der Waals surface area contributed by atoms with Gasteiger partial charge in [0.25, 0.3) is 0 Å². The number of fused-ring (bicyclic) bond motifs is 1. The van der Waals surface area contributed by atoms with E-state index in [9.17, 15) is 0 Å². The second kappa shape index (κ2) is 7.05. The Balaban J connectivity index is 2.87. The van der Waals surface area contributed by atoms with E-state index in [0.29, 0.717) is 0 Å². The number of ether oxygens (including phenoxy) is 3. The minimum Gasteiger partial charge on any atom is -0.496 e. The van der Waals surface area contributed by atoms with Gasteiger partial charge in [0.05, 0.1) is 30.2 Å². The van der Waals surface area contributed by atoms with Gasteiger partial charge < -0.3 is 14.2 Å². The lowest BCUT2D eigenvalue weighted by molar-refractivity contribution is 0.245. The standard InChI is InChI=1S/C18H21BrO3/c1-6-7-12-8-13-17(15(9-12)22-11(2)3)14(20-4)10-16(21-5)18(13)19/h6-11H,1-5H3/b7-6-. The lowest BCUT2D eigenvalue weighted by Crippen LogP contribution is -2.06. The van der Waals surface area contributed by atoms with Crippen molar-refractivity contribution >= 4 is 32.8 Å². The average molecular weight is 365 g/mol. The van der Waals surface area contributed by atoms with Gasteiger partial charge in [0.15, 0.2) is 0 Å². The minimum absolute atomic E-state index is 0.0784. The Hall–Kier alpha value is -1.68. The number of rotatable bonds is 5. The van der Waals surface area contributed by atoms with E-state index in [-0.39, 0.29) is 6.10 Å². The molecule has 0 unspecified atom stereocenters. The third kappa shape index (κ3) is 3.22. The van der Waals surface area contributed by atoms with E-state index >= 15 is 0 Å². The molecular weight excluding hydrogens is 344 g/mol. The number of hydrogen-bond acceptors (Lipinski definition) is 3. The number of halogens is 1. The lowest BCUT2D eigenvalue weighted by Gasteiger charge is -2.18. The van der Waals surface area contributed by atoms with Crippen LogP contribution in [0.1, 0.15) is 26.3 Å². The molecule has 4 heteroatoms.